The van der Waals surface area contributed by atoms with Crippen molar-refractivity contribution < 1.29 is 41.0 Å². The summed E-state index contributed by atoms with van der Waals surface area (Å²) in [7, 11) is -2.29. The molecule has 33 heavy (non-hydrogen) atoms. The van der Waals surface area contributed by atoms with Gasteiger partial charge in [0, 0.05) is 6.07 Å². The molecule has 0 radical (unpaired) electrons. The molecule has 0 heterocycles. The molecule has 1 N–H and O–H groups in total. The van der Waals surface area contributed by atoms with E-state index in [1.54, 1.807) is 0 Å². The monoisotopic (exact) mass is 481 g/mol. The van der Waals surface area contributed by atoms with Crippen LogP contribution in [0, 0.1) is 17.5 Å². The number of aliphatic hydroxyl groups is 1. The van der Waals surface area contributed by atoms with E-state index in [2.05, 4.69) is 0 Å². The molecule has 0 aliphatic rings. The maximum Gasteiger partial charge on any atom is 0.275 e. The molecule has 0 unspecified atom stereocenters. The van der Waals surface area contributed by atoms with Crippen molar-refractivity contribution in [3.05, 3.63) is 83.2 Å². The summed E-state index contributed by atoms with van der Waals surface area (Å²) in [6, 6.07) is 9.44. The van der Waals surface area contributed by atoms with Gasteiger partial charge in [0.2, 0.25) is 0 Å². The predicted molar refractivity (Wildman–Crippen MR) is 112 cm³/mol. The summed E-state index contributed by atoms with van der Waals surface area (Å²) in [5.41, 5.74) is -1.22. The Kier molecular flexibility index (Phi) is 6.94. The van der Waals surface area contributed by atoms with Crippen LogP contribution in [0.15, 0.2) is 59.5 Å². The van der Waals surface area contributed by atoms with Crippen molar-refractivity contribution in [2.24, 2.45) is 0 Å². The van der Waals surface area contributed by atoms with E-state index in [1.807, 2.05) is 0 Å². The molecule has 7 nitrogen and oxygen atoms in total. The Morgan fingerprint density at radius 2 is 1.64 bits per heavy atom. The highest BCUT2D eigenvalue weighted by Crippen LogP contribution is 2.33. The Morgan fingerprint density at radius 1 is 0.970 bits per heavy atom. The minimum Gasteiger partial charge on any atom is -0.497 e. The SMILES string of the molecule is COc1ccc(N(C(=O)c2cc(F)cc(F)c2F)S(=O)(=O)c2cc(CO)ccc2OC)cc1. The van der Waals surface area contributed by atoms with Gasteiger partial charge in [-0.3, -0.25) is 4.79 Å². The molecule has 3 aromatic rings. The standard InChI is InChI=1S/C22H18F3NO6S/c1-31-16-6-4-15(5-7-16)26(22(28)17-10-14(23)11-18(24)21(17)25)33(29,30)20-9-13(12-27)3-8-19(20)32-2/h3-11,27H,12H2,1-2H3. The first-order valence-electron chi connectivity index (χ1n) is 9.30. The third-order valence-corrected chi connectivity index (χ3v) is 6.38. The third kappa shape index (κ3) is 4.64. The molecule has 0 bridgehead atoms. The van der Waals surface area contributed by atoms with E-state index in [-0.39, 0.29) is 27.4 Å². The van der Waals surface area contributed by atoms with E-state index in [9.17, 15) is 31.5 Å². The number of methoxy groups -OCH3 is 2. The largest absolute Gasteiger partial charge is 0.497 e. The van der Waals surface area contributed by atoms with Gasteiger partial charge in [0.25, 0.3) is 15.9 Å². The fraction of sp³-hybridized carbons (Fsp3) is 0.136. The van der Waals surface area contributed by atoms with Crippen molar-refractivity contribution in [1.29, 1.82) is 0 Å². The number of sulfonamides is 1. The molecule has 0 fully saturated rings. The summed E-state index contributed by atoms with van der Waals surface area (Å²) in [5, 5.41) is 9.43. The van der Waals surface area contributed by atoms with E-state index >= 15 is 0 Å². The molecule has 174 valence electrons. The van der Waals surface area contributed by atoms with Crippen molar-refractivity contribution in [3.63, 3.8) is 0 Å². The second-order valence-electron chi connectivity index (χ2n) is 6.67. The van der Waals surface area contributed by atoms with Crippen LogP contribution < -0.4 is 13.8 Å². The van der Waals surface area contributed by atoms with Crippen LogP contribution >= 0.6 is 0 Å². The molecule has 0 aromatic heterocycles. The number of carbonyl (C=O) groups is 1. The van der Waals surface area contributed by atoms with Crippen LogP contribution in [0.3, 0.4) is 0 Å². The van der Waals surface area contributed by atoms with Crippen molar-refractivity contribution in [2.75, 3.05) is 18.5 Å². The molecule has 0 aliphatic heterocycles. The molecule has 3 rings (SSSR count). The van der Waals surface area contributed by atoms with Crippen LogP contribution in [-0.4, -0.2) is 33.7 Å². The maximum absolute atomic E-state index is 14.4. The first-order chi connectivity index (χ1) is 15.6. The number of amides is 1. The highest BCUT2D eigenvalue weighted by atomic mass is 32.2. The minimum absolute atomic E-state index is 0.176. The molecule has 0 spiro atoms. The second kappa shape index (κ2) is 9.51. The van der Waals surface area contributed by atoms with Crippen molar-refractivity contribution in [2.45, 2.75) is 11.5 Å². The van der Waals surface area contributed by atoms with Crippen LogP contribution in [-0.2, 0) is 16.6 Å². The second-order valence-corrected chi connectivity index (χ2v) is 8.42. The van der Waals surface area contributed by atoms with E-state index in [1.165, 1.54) is 50.6 Å². The minimum atomic E-state index is -4.84. The van der Waals surface area contributed by atoms with Gasteiger partial charge in [-0.05, 0) is 48.0 Å². The van der Waals surface area contributed by atoms with Gasteiger partial charge in [-0.1, -0.05) is 6.07 Å². The van der Waals surface area contributed by atoms with Gasteiger partial charge in [-0.15, -0.1) is 0 Å². The van der Waals surface area contributed by atoms with E-state index in [4.69, 9.17) is 9.47 Å². The molecule has 11 heteroatoms. The number of halogens is 3. The molecule has 0 saturated carbocycles. The van der Waals surface area contributed by atoms with Gasteiger partial charge in [-0.25, -0.2) is 21.6 Å². The van der Waals surface area contributed by atoms with Gasteiger partial charge < -0.3 is 14.6 Å². The highest BCUT2D eigenvalue weighted by Gasteiger charge is 2.36. The van der Waals surface area contributed by atoms with Gasteiger partial charge >= 0.3 is 0 Å². The number of anilines is 1. The van der Waals surface area contributed by atoms with Crippen LogP contribution in [0.4, 0.5) is 18.9 Å². The molecule has 0 atom stereocenters. The lowest BCUT2D eigenvalue weighted by atomic mass is 10.1. The van der Waals surface area contributed by atoms with E-state index in [0.717, 1.165) is 6.07 Å². The van der Waals surface area contributed by atoms with Crippen molar-refractivity contribution in [1.82, 2.24) is 0 Å². The number of benzene rings is 3. The van der Waals surface area contributed by atoms with Gasteiger partial charge in [0.1, 0.15) is 22.2 Å². The Hall–Kier alpha value is -3.57. The summed E-state index contributed by atoms with van der Waals surface area (Å²) in [6.07, 6.45) is 0. The number of hydrogen-bond acceptors (Lipinski definition) is 6. The smallest absolute Gasteiger partial charge is 0.275 e. The van der Waals surface area contributed by atoms with Crippen molar-refractivity contribution >= 4 is 21.6 Å². The van der Waals surface area contributed by atoms with E-state index in [0.29, 0.717) is 11.8 Å². The third-order valence-electron chi connectivity index (χ3n) is 4.64. The molecule has 3 aromatic carbocycles. The van der Waals surface area contributed by atoms with Crippen molar-refractivity contribution in [3.8, 4) is 11.5 Å². The first kappa shape index (κ1) is 24.1. The number of rotatable bonds is 7. The summed E-state index contributed by atoms with van der Waals surface area (Å²) in [5.74, 6) is -6.05. The summed E-state index contributed by atoms with van der Waals surface area (Å²) in [6.45, 7) is -0.521. The number of aliphatic hydroxyl groups excluding tert-OH is 1. The average molecular weight is 481 g/mol. The molecule has 0 saturated heterocycles. The Labute approximate surface area is 187 Å². The quantitative estimate of drug-likeness (QED) is 0.518. The maximum atomic E-state index is 14.4. The number of ether oxygens (including phenoxy) is 2. The number of nitrogens with zero attached hydrogens (tertiary/aromatic N) is 1. The topological polar surface area (TPSA) is 93.1 Å². The number of carbonyl (C=O) groups excluding carboxylic acids is 1. The lowest BCUT2D eigenvalue weighted by molar-refractivity contribution is 0.1000. The molecular weight excluding hydrogens is 463 g/mol. The lowest BCUT2D eigenvalue weighted by Gasteiger charge is -2.24. The van der Waals surface area contributed by atoms with Gasteiger partial charge in [-0.2, -0.15) is 4.31 Å². The lowest BCUT2D eigenvalue weighted by Crippen LogP contribution is -2.38. The summed E-state index contributed by atoms with van der Waals surface area (Å²) >= 11 is 0. The molecular formula is C22H18F3NO6S. The first-order valence-corrected chi connectivity index (χ1v) is 10.7. The zero-order valence-corrected chi connectivity index (χ0v) is 18.2. The average Bonchev–Trinajstić information content (AvgIpc) is 2.81. The fourth-order valence-corrected chi connectivity index (χ4v) is 4.64. The normalized spacial score (nSPS) is 11.2. The predicted octanol–water partition coefficient (Wildman–Crippen LogP) is 3.65. The van der Waals surface area contributed by atoms with Crippen LogP contribution in [0.5, 0.6) is 11.5 Å². The highest BCUT2D eigenvalue weighted by molar-refractivity contribution is 7.93. The Balaban J connectivity index is 2.29. The van der Waals surface area contributed by atoms with Gasteiger partial charge in [0.15, 0.2) is 11.6 Å². The summed E-state index contributed by atoms with van der Waals surface area (Å²) < 4.78 is 79.6. The fourth-order valence-electron chi connectivity index (χ4n) is 3.02. The number of hydrogen-bond donors (Lipinski definition) is 1. The van der Waals surface area contributed by atoms with E-state index < -0.39 is 50.4 Å². The summed E-state index contributed by atoms with van der Waals surface area (Å²) in [4.78, 5) is 12.7. The molecule has 0 aliphatic carbocycles. The van der Waals surface area contributed by atoms with Gasteiger partial charge in [0.05, 0.1) is 32.1 Å². The Morgan fingerprint density at radius 3 is 2.21 bits per heavy atom. The zero-order valence-electron chi connectivity index (χ0n) is 17.4. The van der Waals surface area contributed by atoms with Crippen LogP contribution in [0.25, 0.3) is 0 Å². The molecule has 1 amide bonds. The zero-order chi connectivity index (χ0) is 24.3. The van der Waals surface area contributed by atoms with Crippen LogP contribution in [0.1, 0.15) is 15.9 Å². The Bertz CT molecular complexity index is 1300. The van der Waals surface area contributed by atoms with Crippen LogP contribution in [0.2, 0.25) is 0 Å².